The smallest absolute Gasteiger partial charge is 0.343 e. The number of ether oxygens (including phenoxy) is 1. The minimum atomic E-state index is -0.925. The van der Waals surface area contributed by atoms with Crippen LogP contribution < -0.4 is 5.73 Å². The summed E-state index contributed by atoms with van der Waals surface area (Å²) >= 11 is 0. The fourth-order valence-corrected chi connectivity index (χ4v) is 0.384. The highest BCUT2D eigenvalue weighted by atomic mass is 16.5. The highest BCUT2D eigenvalue weighted by Gasteiger charge is 2.14. The second-order valence-electron chi connectivity index (χ2n) is 2.29. The van der Waals surface area contributed by atoms with E-state index in [1.807, 2.05) is 0 Å². The van der Waals surface area contributed by atoms with Gasteiger partial charge < -0.3 is 15.6 Å². The first-order chi connectivity index (χ1) is 5.45. The van der Waals surface area contributed by atoms with Crippen LogP contribution >= 0.6 is 0 Å². The zero-order valence-corrected chi connectivity index (χ0v) is 6.74. The summed E-state index contributed by atoms with van der Waals surface area (Å²) in [6, 6.07) is 0. The molecule has 0 aromatic carbocycles. The number of hydrogen-bond donors (Lipinski definition) is 2. The summed E-state index contributed by atoms with van der Waals surface area (Å²) in [6.45, 7) is 4.37. The van der Waals surface area contributed by atoms with Crippen LogP contribution in [0.2, 0.25) is 0 Å². The number of primary amides is 1. The Labute approximate surface area is 69.8 Å². The second-order valence-corrected chi connectivity index (χ2v) is 2.29. The van der Waals surface area contributed by atoms with Crippen molar-refractivity contribution in [3.8, 4) is 0 Å². The maximum Gasteiger partial charge on any atom is 0.343 e. The third kappa shape index (κ3) is 3.72. The van der Waals surface area contributed by atoms with E-state index in [1.165, 1.54) is 6.92 Å². The Kier molecular flexibility index (Phi) is 3.99. The lowest BCUT2D eigenvalue weighted by Crippen LogP contribution is -2.24. The summed E-state index contributed by atoms with van der Waals surface area (Å²) in [7, 11) is 0. The maximum absolute atomic E-state index is 10.8. The van der Waals surface area contributed by atoms with Gasteiger partial charge in [-0.1, -0.05) is 6.58 Å². The van der Waals surface area contributed by atoms with Crippen molar-refractivity contribution in [1.82, 2.24) is 0 Å². The molecule has 0 aromatic rings. The molecule has 1 atom stereocenters. The van der Waals surface area contributed by atoms with Gasteiger partial charge in [-0.2, -0.15) is 0 Å². The number of aliphatic hydroxyl groups is 1. The maximum atomic E-state index is 10.8. The molecule has 5 heteroatoms. The molecule has 0 aromatic heterocycles. The standard InChI is InChI=1S/C7H11NO4/c1-4(9)3-12-7(11)5(2)6(8)10/h4,9H,2-3H2,1H3,(H2,8,10). The van der Waals surface area contributed by atoms with Crippen molar-refractivity contribution < 1.29 is 19.4 Å². The van der Waals surface area contributed by atoms with E-state index < -0.39 is 23.6 Å². The summed E-state index contributed by atoms with van der Waals surface area (Å²) < 4.78 is 4.44. The molecule has 0 aliphatic carbocycles. The predicted octanol–water partition coefficient (Wildman–Crippen LogP) is -1.05. The molecule has 0 saturated heterocycles. The minimum Gasteiger partial charge on any atom is -0.459 e. The van der Waals surface area contributed by atoms with Crippen LogP contribution in [0.5, 0.6) is 0 Å². The van der Waals surface area contributed by atoms with E-state index in [0.29, 0.717) is 0 Å². The molecule has 0 aliphatic rings. The number of amides is 1. The number of aliphatic hydroxyl groups excluding tert-OH is 1. The van der Waals surface area contributed by atoms with Gasteiger partial charge in [0.1, 0.15) is 12.2 Å². The van der Waals surface area contributed by atoms with Crippen molar-refractivity contribution in [1.29, 1.82) is 0 Å². The molecular formula is C7H11NO4. The Morgan fingerprint density at radius 3 is 2.50 bits per heavy atom. The molecule has 1 amide bonds. The van der Waals surface area contributed by atoms with Crippen molar-refractivity contribution in [2.24, 2.45) is 5.73 Å². The molecule has 0 bridgehead atoms. The zero-order valence-electron chi connectivity index (χ0n) is 6.74. The quantitative estimate of drug-likeness (QED) is 0.246. The molecule has 1 unspecified atom stereocenters. The summed E-state index contributed by atoms with van der Waals surface area (Å²) in [5, 5.41) is 8.70. The van der Waals surface area contributed by atoms with E-state index >= 15 is 0 Å². The lowest BCUT2D eigenvalue weighted by molar-refractivity contribution is -0.142. The lowest BCUT2D eigenvalue weighted by Gasteiger charge is -2.05. The first-order valence-electron chi connectivity index (χ1n) is 3.29. The van der Waals surface area contributed by atoms with Crippen molar-refractivity contribution in [2.75, 3.05) is 6.61 Å². The molecule has 5 nitrogen and oxygen atoms in total. The topological polar surface area (TPSA) is 89.6 Å². The van der Waals surface area contributed by atoms with Crippen molar-refractivity contribution in [3.63, 3.8) is 0 Å². The Hall–Kier alpha value is -1.36. The normalized spacial score (nSPS) is 11.8. The van der Waals surface area contributed by atoms with E-state index in [9.17, 15) is 9.59 Å². The first-order valence-corrected chi connectivity index (χ1v) is 3.29. The Morgan fingerprint density at radius 1 is 1.67 bits per heavy atom. The Morgan fingerprint density at radius 2 is 2.17 bits per heavy atom. The first kappa shape index (κ1) is 10.6. The number of rotatable bonds is 4. The van der Waals surface area contributed by atoms with Gasteiger partial charge in [-0.3, -0.25) is 4.79 Å². The largest absolute Gasteiger partial charge is 0.459 e. The van der Waals surface area contributed by atoms with E-state index in [2.05, 4.69) is 11.3 Å². The van der Waals surface area contributed by atoms with E-state index in [-0.39, 0.29) is 6.61 Å². The number of carbonyl (C=O) groups is 2. The average Bonchev–Trinajstić information content (AvgIpc) is 1.98. The predicted molar refractivity (Wildman–Crippen MR) is 41.0 cm³/mol. The molecule has 3 N–H and O–H groups in total. The van der Waals surface area contributed by atoms with Gasteiger partial charge in [-0.15, -0.1) is 0 Å². The monoisotopic (exact) mass is 173 g/mol. The van der Waals surface area contributed by atoms with Crippen LogP contribution in [0.15, 0.2) is 12.2 Å². The second kappa shape index (κ2) is 4.50. The lowest BCUT2D eigenvalue weighted by atomic mass is 10.3. The van der Waals surface area contributed by atoms with Gasteiger partial charge in [0, 0.05) is 0 Å². The van der Waals surface area contributed by atoms with E-state index in [4.69, 9.17) is 10.8 Å². The summed E-state index contributed by atoms with van der Waals surface area (Å²) in [5.41, 5.74) is 4.32. The van der Waals surface area contributed by atoms with Crippen molar-refractivity contribution in [2.45, 2.75) is 13.0 Å². The van der Waals surface area contributed by atoms with Crippen molar-refractivity contribution >= 4 is 11.9 Å². The van der Waals surface area contributed by atoms with E-state index in [1.54, 1.807) is 0 Å². The van der Waals surface area contributed by atoms with Crippen LogP contribution in [0, 0.1) is 0 Å². The molecule has 0 fully saturated rings. The fraction of sp³-hybridized carbons (Fsp3) is 0.429. The third-order valence-electron chi connectivity index (χ3n) is 0.999. The molecule has 0 radical (unpaired) electrons. The van der Waals surface area contributed by atoms with Crippen LogP contribution in [0.1, 0.15) is 6.92 Å². The number of nitrogens with two attached hydrogens (primary N) is 1. The van der Waals surface area contributed by atoms with Gasteiger partial charge >= 0.3 is 5.97 Å². The van der Waals surface area contributed by atoms with Gasteiger partial charge in [0.25, 0.3) is 5.91 Å². The zero-order chi connectivity index (χ0) is 9.72. The van der Waals surface area contributed by atoms with Crippen molar-refractivity contribution in [3.05, 3.63) is 12.2 Å². The number of carbonyl (C=O) groups excluding carboxylic acids is 2. The SMILES string of the molecule is C=C(C(N)=O)C(=O)OCC(C)O. The molecule has 0 rings (SSSR count). The molecule has 12 heavy (non-hydrogen) atoms. The molecule has 0 heterocycles. The number of hydrogen-bond acceptors (Lipinski definition) is 4. The summed E-state index contributed by atoms with van der Waals surface area (Å²) in [6.07, 6.45) is -0.769. The van der Waals surface area contributed by atoms with Crippen LogP contribution in [0.4, 0.5) is 0 Å². The molecule has 68 valence electrons. The Bertz CT molecular complexity index is 209. The van der Waals surface area contributed by atoms with Gasteiger partial charge in [0.2, 0.25) is 0 Å². The molecular weight excluding hydrogens is 162 g/mol. The summed E-state index contributed by atoms with van der Waals surface area (Å²) in [5.74, 6) is -1.83. The van der Waals surface area contributed by atoms with Gasteiger partial charge in [-0.05, 0) is 6.92 Å². The van der Waals surface area contributed by atoms with Gasteiger partial charge in [0.15, 0.2) is 0 Å². The van der Waals surface area contributed by atoms with Crippen LogP contribution in [-0.4, -0.2) is 29.7 Å². The van der Waals surface area contributed by atoms with Crippen LogP contribution in [-0.2, 0) is 14.3 Å². The van der Waals surface area contributed by atoms with Crippen LogP contribution in [0.25, 0.3) is 0 Å². The third-order valence-corrected chi connectivity index (χ3v) is 0.999. The van der Waals surface area contributed by atoms with Gasteiger partial charge in [0.05, 0.1) is 6.10 Å². The average molecular weight is 173 g/mol. The summed E-state index contributed by atoms with van der Waals surface area (Å²) in [4.78, 5) is 21.1. The Balaban J connectivity index is 3.89. The van der Waals surface area contributed by atoms with Crippen LogP contribution in [0.3, 0.4) is 0 Å². The highest BCUT2D eigenvalue weighted by molar-refractivity contribution is 6.15. The van der Waals surface area contributed by atoms with E-state index in [0.717, 1.165) is 0 Å². The van der Waals surface area contributed by atoms with Gasteiger partial charge in [-0.25, -0.2) is 4.79 Å². The molecule has 0 aliphatic heterocycles. The number of esters is 1. The minimum absolute atomic E-state index is 0.175. The fourth-order valence-electron chi connectivity index (χ4n) is 0.384. The highest BCUT2D eigenvalue weighted by Crippen LogP contribution is 1.94. The molecule has 0 saturated carbocycles. The molecule has 0 spiro atoms.